The van der Waals surface area contributed by atoms with Crippen LogP contribution < -0.4 is 15.8 Å². The Labute approximate surface area is 121 Å². The molecule has 0 saturated heterocycles. The summed E-state index contributed by atoms with van der Waals surface area (Å²) in [6.07, 6.45) is 1.88. The third-order valence-electron chi connectivity index (χ3n) is 3.03. The highest BCUT2D eigenvalue weighted by Crippen LogP contribution is 2.17. The Balaban J connectivity index is 1.97. The molecule has 0 unspecified atom stereocenters. The van der Waals surface area contributed by atoms with Crippen molar-refractivity contribution in [2.24, 2.45) is 0 Å². The number of halogens is 1. The lowest BCUT2D eigenvalue weighted by Crippen LogP contribution is -2.27. The summed E-state index contributed by atoms with van der Waals surface area (Å²) in [5.74, 6) is -0.845. The summed E-state index contributed by atoms with van der Waals surface area (Å²) in [6, 6.07) is 8.82. The predicted octanol–water partition coefficient (Wildman–Crippen LogP) is 1.78. The molecule has 6 heteroatoms. The molecule has 0 aliphatic heterocycles. The van der Waals surface area contributed by atoms with Crippen LogP contribution in [0.4, 0.5) is 10.2 Å². The number of hydrogen-bond donors (Lipinski definition) is 2. The zero-order valence-electron chi connectivity index (χ0n) is 11.6. The van der Waals surface area contributed by atoms with Crippen molar-refractivity contribution in [3.63, 3.8) is 0 Å². The lowest BCUT2D eigenvalue weighted by atomic mass is 10.1. The van der Waals surface area contributed by atoms with Gasteiger partial charge in [0.2, 0.25) is 0 Å². The van der Waals surface area contributed by atoms with Crippen molar-refractivity contribution >= 4 is 11.7 Å². The van der Waals surface area contributed by atoms with Crippen LogP contribution in [0.2, 0.25) is 0 Å². The van der Waals surface area contributed by atoms with E-state index in [-0.39, 0.29) is 11.4 Å². The SMILES string of the molecule is COc1ccccc1CCNC(=O)c1ccnc(N)c1F. The number of carbonyl (C=O) groups excluding carboxylic acids is 1. The molecule has 1 aromatic carbocycles. The van der Waals surface area contributed by atoms with E-state index in [1.165, 1.54) is 12.3 Å². The molecule has 110 valence electrons. The molecule has 5 nitrogen and oxygen atoms in total. The maximum Gasteiger partial charge on any atom is 0.254 e. The molecule has 1 amide bonds. The second kappa shape index (κ2) is 6.69. The largest absolute Gasteiger partial charge is 0.496 e. The van der Waals surface area contributed by atoms with Crippen LogP contribution in [0, 0.1) is 5.82 Å². The maximum atomic E-state index is 13.7. The van der Waals surface area contributed by atoms with Gasteiger partial charge in [0.15, 0.2) is 11.6 Å². The normalized spacial score (nSPS) is 10.2. The number of amides is 1. The van der Waals surface area contributed by atoms with Gasteiger partial charge in [0.05, 0.1) is 12.7 Å². The van der Waals surface area contributed by atoms with Gasteiger partial charge >= 0.3 is 0 Å². The van der Waals surface area contributed by atoms with E-state index in [2.05, 4.69) is 10.3 Å². The highest BCUT2D eigenvalue weighted by molar-refractivity contribution is 5.95. The Bertz CT molecular complexity index is 647. The molecular weight excluding hydrogens is 273 g/mol. The van der Waals surface area contributed by atoms with Crippen LogP contribution in [0.1, 0.15) is 15.9 Å². The van der Waals surface area contributed by atoms with E-state index in [1.807, 2.05) is 24.3 Å². The molecule has 1 aromatic heterocycles. The van der Waals surface area contributed by atoms with E-state index >= 15 is 0 Å². The molecule has 0 saturated carbocycles. The van der Waals surface area contributed by atoms with Crippen molar-refractivity contribution in [1.82, 2.24) is 10.3 Å². The average molecular weight is 289 g/mol. The summed E-state index contributed by atoms with van der Waals surface area (Å²) >= 11 is 0. The number of carbonyl (C=O) groups is 1. The molecule has 0 aliphatic rings. The number of nitrogen functional groups attached to an aromatic ring is 1. The number of nitrogens with zero attached hydrogens (tertiary/aromatic N) is 1. The molecule has 0 fully saturated rings. The fourth-order valence-electron chi connectivity index (χ4n) is 1.95. The van der Waals surface area contributed by atoms with Gasteiger partial charge in [0, 0.05) is 12.7 Å². The molecule has 1 heterocycles. The molecular formula is C15H16FN3O2. The topological polar surface area (TPSA) is 77.2 Å². The summed E-state index contributed by atoms with van der Waals surface area (Å²) in [5.41, 5.74) is 6.19. The molecule has 21 heavy (non-hydrogen) atoms. The monoisotopic (exact) mass is 289 g/mol. The molecule has 0 spiro atoms. The van der Waals surface area contributed by atoms with Gasteiger partial charge in [-0.15, -0.1) is 0 Å². The van der Waals surface area contributed by atoms with Crippen molar-refractivity contribution in [3.05, 3.63) is 53.5 Å². The lowest BCUT2D eigenvalue weighted by molar-refractivity contribution is 0.0950. The molecule has 0 radical (unpaired) electrons. The van der Waals surface area contributed by atoms with Gasteiger partial charge < -0.3 is 15.8 Å². The number of anilines is 1. The number of nitrogens with one attached hydrogen (secondary N) is 1. The first kappa shape index (κ1) is 14.8. The second-order valence-corrected chi connectivity index (χ2v) is 4.38. The molecule has 0 atom stereocenters. The van der Waals surface area contributed by atoms with Crippen LogP contribution in [0.5, 0.6) is 5.75 Å². The number of aromatic nitrogens is 1. The smallest absolute Gasteiger partial charge is 0.254 e. The van der Waals surface area contributed by atoms with Gasteiger partial charge in [-0.3, -0.25) is 4.79 Å². The summed E-state index contributed by atoms with van der Waals surface area (Å²) < 4.78 is 18.9. The van der Waals surface area contributed by atoms with Gasteiger partial charge in [-0.2, -0.15) is 0 Å². The molecule has 0 bridgehead atoms. The first-order valence-corrected chi connectivity index (χ1v) is 6.43. The number of hydrogen-bond acceptors (Lipinski definition) is 4. The Morgan fingerprint density at radius 2 is 2.14 bits per heavy atom. The highest BCUT2D eigenvalue weighted by atomic mass is 19.1. The van der Waals surface area contributed by atoms with Gasteiger partial charge in [-0.25, -0.2) is 9.37 Å². The fourth-order valence-corrected chi connectivity index (χ4v) is 1.95. The van der Waals surface area contributed by atoms with Gasteiger partial charge in [0.1, 0.15) is 5.75 Å². The number of rotatable bonds is 5. The molecule has 2 aromatic rings. The zero-order chi connectivity index (χ0) is 15.2. The Hall–Kier alpha value is -2.63. The number of ether oxygens (including phenoxy) is 1. The number of para-hydroxylation sites is 1. The number of pyridine rings is 1. The van der Waals surface area contributed by atoms with Crippen molar-refractivity contribution in [3.8, 4) is 5.75 Å². The van der Waals surface area contributed by atoms with Crippen LogP contribution >= 0.6 is 0 Å². The summed E-state index contributed by atoms with van der Waals surface area (Å²) in [5, 5.41) is 2.65. The zero-order valence-corrected chi connectivity index (χ0v) is 11.6. The third kappa shape index (κ3) is 3.47. The van der Waals surface area contributed by atoms with Crippen LogP contribution in [0.25, 0.3) is 0 Å². The number of methoxy groups -OCH3 is 1. The lowest BCUT2D eigenvalue weighted by Gasteiger charge is -2.09. The van der Waals surface area contributed by atoms with Gasteiger partial charge in [-0.05, 0) is 24.1 Å². The minimum absolute atomic E-state index is 0.109. The van der Waals surface area contributed by atoms with E-state index < -0.39 is 11.7 Å². The van der Waals surface area contributed by atoms with Crippen LogP contribution in [-0.4, -0.2) is 24.5 Å². The summed E-state index contributed by atoms with van der Waals surface area (Å²) in [6.45, 7) is 0.362. The van der Waals surface area contributed by atoms with Gasteiger partial charge in [-0.1, -0.05) is 18.2 Å². The highest BCUT2D eigenvalue weighted by Gasteiger charge is 2.14. The van der Waals surface area contributed by atoms with Crippen molar-refractivity contribution in [2.45, 2.75) is 6.42 Å². The Morgan fingerprint density at radius 1 is 1.38 bits per heavy atom. The fraction of sp³-hybridized carbons (Fsp3) is 0.200. The van der Waals surface area contributed by atoms with Crippen LogP contribution in [-0.2, 0) is 6.42 Å². The first-order chi connectivity index (χ1) is 10.1. The minimum atomic E-state index is -0.799. The third-order valence-corrected chi connectivity index (χ3v) is 3.03. The van der Waals surface area contributed by atoms with E-state index in [1.54, 1.807) is 7.11 Å². The predicted molar refractivity (Wildman–Crippen MR) is 77.6 cm³/mol. The van der Waals surface area contributed by atoms with Gasteiger partial charge in [0.25, 0.3) is 5.91 Å². The average Bonchev–Trinajstić information content (AvgIpc) is 2.50. The van der Waals surface area contributed by atoms with Crippen molar-refractivity contribution < 1.29 is 13.9 Å². The van der Waals surface area contributed by atoms with E-state index in [9.17, 15) is 9.18 Å². The quantitative estimate of drug-likeness (QED) is 0.879. The minimum Gasteiger partial charge on any atom is -0.496 e. The van der Waals surface area contributed by atoms with E-state index in [4.69, 9.17) is 10.5 Å². The maximum absolute atomic E-state index is 13.7. The molecule has 0 aliphatic carbocycles. The van der Waals surface area contributed by atoms with Crippen LogP contribution in [0.3, 0.4) is 0 Å². The Kier molecular flexibility index (Phi) is 4.71. The number of benzene rings is 1. The standard InChI is InChI=1S/C15H16FN3O2/c1-21-12-5-3-2-4-10(12)6-8-19-15(20)11-7-9-18-14(17)13(11)16/h2-5,7,9H,6,8H2,1H3,(H2,17,18)(H,19,20). The van der Waals surface area contributed by atoms with E-state index in [0.717, 1.165) is 11.3 Å². The summed E-state index contributed by atoms with van der Waals surface area (Å²) in [4.78, 5) is 15.5. The first-order valence-electron chi connectivity index (χ1n) is 6.43. The molecule has 2 rings (SSSR count). The second-order valence-electron chi connectivity index (χ2n) is 4.38. The molecule has 3 N–H and O–H groups in total. The van der Waals surface area contributed by atoms with E-state index in [0.29, 0.717) is 13.0 Å². The van der Waals surface area contributed by atoms with Crippen molar-refractivity contribution in [1.29, 1.82) is 0 Å². The van der Waals surface area contributed by atoms with Crippen LogP contribution in [0.15, 0.2) is 36.5 Å². The van der Waals surface area contributed by atoms with Crippen molar-refractivity contribution in [2.75, 3.05) is 19.4 Å². The summed E-state index contributed by atoms with van der Waals surface area (Å²) in [7, 11) is 1.59. The number of nitrogens with two attached hydrogens (primary N) is 1. The Morgan fingerprint density at radius 3 is 2.90 bits per heavy atom.